The van der Waals surface area contributed by atoms with Crippen molar-refractivity contribution < 1.29 is 24.6 Å². The molecule has 0 spiro atoms. The van der Waals surface area contributed by atoms with Crippen molar-refractivity contribution in [2.24, 2.45) is 0 Å². The molecule has 0 aliphatic carbocycles. The molecular formula is C13H15N3O5. The second-order valence-electron chi connectivity index (χ2n) is 4.63. The van der Waals surface area contributed by atoms with Gasteiger partial charge in [0.2, 0.25) is 5.91 Å². The van der Waals surface area contributed by atoms with Crippen LogP contribution in [-0.2, 0) is 4.79 Å². The van der Waals surface area contributed by atoms with E-state index in [1.807, 2.05) is 0 Å². The number of amides is 3. The fourth-order valence-corrected chi connectivity index (χ4v) is 2.05. The Morgan fingerprint density at radius 2 is 2.14 bits per heavy atom. The maximum absolute atomic E-state index is 12.1. The lowest BCUT2D eigenvalue weighted by molar-refractivity contribution is -0.126. The molecule has 1 atom stereocenters. The van der Waals surface area contributed by atoms with E-state index in [9.17, 15) is 19.5 Å². The Hall–Kier alpha value is -2.77. The second kappa shape index (κ2) is 5.70. The van der Waals surface area contributed by atoms with Crippen molar-refractivity contribution in [1.29, 1.82) is 0 Å². The number of anilines is 1. The van der Waals surface area contributed by atoms with E-state index < -0.39 is 23.8 Å². The normalized spacial score (nSPS) is 18.0. The highest BCUT2D eigenvalue weighted by Crippen LogP contribution is 2.22. The van der Waals surface area contributed by atoms with Crippen molar-refractivity contribution in [2.75, 3.05) is 18.4 Å². The molecule has 1 aromatic carbocycles. The summed E-state index contributed by atoms with van der Waals surface area (Å²) in [7, 11) is 0. The van der Waals surface area contributed by atoms with Gasteiger partial charge in [-0.2, -0.15) is 0 Å². The van der Waals surface area contributed by atoms with Crippen LogP contribution in [0.3, 0.4) is 0 Å². The van der Waals surface area contributed by atoms with E-state index in [1.165, 1.54) is 17.0 Å². The molecule has 0 aromatic heterocycles. The largest absolute Gasteiger partial charge is 0.507 e. The summed E-state index contributed by atoms with van der Waals surface area (Å²) in [5.74, 6) is -1.93. The van der Waals surface area contributed by atoms with E-state index in [2.05, 4.69) is 10.6 Å². The summed E-state index contributed by atoms with van der Waals surface area (Å²) in [6.45, 7) is 2.36. The molecule has 21 heavy (non-hydrogen) atoms. The van der Waals surface area contributed by atoms with Crippen molar-refractivity contribution in [1.82, 2.24) is 10.2 Å². The van der Waals surface area contributed by atoms with Crippen LogP contribution >= 0.6 is 0 Å². The molecule has 0 saturated carbocycles. The number of phenols is 1. The fourth-order valence-electron chi connectivity index (χ4n) is 2.05. The number of piperazine rings is 1. The van der Waals surface area contributed by atoms with Crippen molar-refractivity contribution in [2.45, 2.75) is 13.0 Å². The van der Waals surface area contributed by atoms with Crippen LogP contribution in [0.1, 0.15) is 17.3 Å². The number of hydrogen-bond acceptors (Lipinski definition) is 4. The van der Waals surface area contributed by atoms with Gasteiger partial charge in [-0.25, -0.2) is 9.59 Å². The van der Waals surface area contributed by atoms with E-state index in [0.717, 1.165) is 6.07 Å². The van der Waals surface area contributed by atoms with Gasteiger partial charge in [0.05, 0.1) is 0 Å². The molecule has 1 heterocycles. The molecule has 1 fully saturated rings. The first kappa shape index (κ1) is 14.6. The average Bonchev–Trinajstić information content (AvgIpc) is 2.41. The highest BCUT2D eigenvalue weighted by molar-refractivity contribution is 5.96. The molecule has 8 nitrogen and oxygen atoms in total. The van der Waals surface area contributed by atoms with Gasteiger partial charge in [0.25, 0.3) is 0 Å². The molecule has 112 valence electrons. The third-order valence-electron chi connectivity index (χ3n) is 3.24. The Bertz CT molecular complexity index is 601. The van der Waals surface area contributed by atoms with Crippen molar-refractivity contribution >= 4 is 23.6 Å². The first-order chi connectivity index (χ1) is 9.90. The Morgan fingerprint density at radius 1 is 1.43 bits per heavy atom. The van der Waals surface area contributed by atoms with E-state index in [1.54, 1.807) is 6.92 Å². The van der Waals surface area contributed by atoms with Gasteiger partial charge in [-0.05, 0) is 19.1 Å². The van der Waals surface area contributed by atoms with Crippen molar-refractivity contribution in [3.8, 4) is 5.75 Å². The number of urea groups is 1. The molecule has 8 heteroatoms. The minimum Gasteiger partial charge on any atom is -0.507 e. The van der Waals surface area contributed by atoms with Crippen LogP contribution in [0.5, 0.6) is 5.75 Å². The van der Waals surface area contributed by atoms with Crippen molar-refractivity contribution in [3.05, 3.63) is 23.8 Å². The van der Waals surface area contributed by atoms with Gasteiger partial charge in [-0.3, -0.25) is 4.79 Å². The number of nitrogens with one attached hydrogen (secondary N) is 2. The number of carbonyl (C=O) groups excluding carboxylic acids is 2. The molecule has 1 aromatic rings. The number of aromatic hydroxyl groups is 1. The van der Waals surface area contributed by atoms with E-state index in [4.69, 9.17) is 5.11 Å². The molecule has 0 radical (unpaired) electrons. The maximum atomic E-state index is 12.1. The summed E-state index contributed by atoms with van der Waals surface area (Å²) >= 11 is 0. The molecule has 2 rings (SSSR count). The van der Waals surface area contributed by atoms with Crippen LogP contribution in [0, 0.1) is 0 Å². The molecular weight excluding hydrogens is 278 g/mol. The number of nitrogens with zero attached hydrogens (tertiary/aromatic N) is 1. The summed E-state index contributed by atoms with van der Waals surface area (Å²) in [4.78, 5) is 35.7. The highest BCUT2D eigenvalue weighted by atomic mass is 16.4. The zero-order chi connectivity index (χ0) is 15.6. The van der Waals surface area contributed by atoms with Crippen LogP contribution in [0.15, 0.2) is 18.2 Å². The standard InChI is InChI=1S/C13H15N3O5/c1-7-11(18)14-4-5-16(7)13(21)15-8-2-3-9(12(19)20)10(17)6-8/h2-3,6-7,17H,4-5H2,1H3,(H,14,18)(H,15,21)(H,19,20). The number of carboxylic acids is 1. The summed E-state index contributed by atoms with van der Waals surface area (Å²) in [5.41, 5.74) is -0.000557. The zero-order valence-corrected chi connectivity index (χ0v) is 11.3. The second-order valence-corrected chi connectivity index (χ2v) is 4.63. The minimum atomic E-state index is -1.26. The lowest BCUT2D eigenvalue weighted by Crippen LogP contribution is -2.56. The summed E-state index contributed by atoms with van der Waals surface area (Å²) in [5, 5.41) is 23.5. The molecule has 0 bridgehead atoms. The fraction of sp³-hybridized carbons (Fsp3) is 0.308. The van der Waals surface area contributed by atoms with Gasteiger partial charge in [0.1, 0.15) is 17.4 Å². The monoisotopic (exact) mass is 293 g/mol. The molecule has 3 amide bonds. The van der Waals surface area contributed by atoms with Gasteiger partial charge >= 0.3 is 12.0 Å². The number of carboxylic acid groups (broad SMARTS) is 1. The zero-order valence-electron chi connectivity index (χ0n) is 11.3. The van der Waals surface area contributed by atoms with Gasteiger partial charge in [-0.1, -0.05) is 0 Å². The summed E-state index contributed by atoms with van der Waals surface area (Å²) < 4.78 is 0. The van der Waals surface area contributed by atoms with Gasteiger partial charge < -0.3 is 25.7 Å². The molecule has 1 aliphatic heterocycles. The Morgan fingerprint density at radius 3 is 2.76 bits per heavy atom. The van der Waals surface area contributed by atoms with Crippen LogP contribution in [0.4, 0.5) is 10.5 Å². The van der Waals surface area contributed by atoms with E-state index >= 15 is 0 Å². The minimum absolute atomic E-state index is 0.236. The molecule has 4 N–H and O–H groups in total. The lowest BCUT2D eigenvalue weighted by Gasteiger charge is -2.32. The van der Waals surface area contributed by atoms with Crippen LogP contribution in [-0.4, -0.2) is 52.2 Å². The van der Waals surface area contributed by atoms with E-state index in [0.29, 0.717) is 13.1 Å². The van der Waals surface area contributed by atoms with Gasteiger partial charge in [0.15, 0.2) is 0 Å². The SMILES string of the molecule is CC1C(=O)NCCN1C(=O)Nc1ccc(C(=O)O)c(O)c1. The predicted molar refractivity (Wildman–Crippen MR) is 73.3 cm³/mol. The third kappa shape index (κ3) is 3.04. The Labute approximate surface area is 120 Å². The van der Waals surface area contributed by atoms with Gasteiger partial charge in [-0.15, -0.1) is 0 Å². The number of carbonyl (C=O) groups is 3. The van der Waals surface area contributed by atoms with E-state index in [-0.39, 0.29) is 17.2 Å². The highest BCUT2D eigenvalue weighted by Gasteiger charge is 2.29. The molecule has 1 aliphatic rings. The van der Waals surface area contributed by atoms with Crippen LogP contribution in [0.25, 0.3) is 0 Å². The van der Waals surface area contributed by atoms with Crippen LogP contribution < -0.4 is 10.6 Å². The first-order valence-electron chi connectivity index (χ1n) is 6.32. The third-order valence-corrected chi connectivity index (χ3v) is 3.24. The summed E-state index contributed by atoms with van der Waals surface area (Å²) in [6.07, 6.45) is 0. The average molecular weight is 293 g/mol. The quantitative estimate of drug-likeness (QED) is 0.631. The summed E-state index contributed by atoms with van der Waals surface area (Å²) in [6, 6.07) is 2.64. The number of aromatic carboxylic acids is 1. The maximum Gasteiger partial charge on any atom is 0.339 e. The first-order valence-corrected chi connectivity index (χ1v) is 6.32. The number of rotatable bonds is 2. The predicted octanol–water partition coefficient (Wildman–Crippen LogP) is 0.443. The smallest absolute Gasteiger partial charge is 0.339 e. The Kier molecular flexibility index (Phi) is 3.97. The van der Waals surface area contributed by atoms with Gasteiger partial charge in [0, 0.05) is 24.8 Å². The molecule has 1 saturated heterocycles. The van der Waals surface area contributed by atoms with Crippen molar-refractivity contribution in [3.63, 3.8) is 0 Å². The number of benzene rings is 1. The van der Waals surface area contributed by atoms with Crippen LogP contribution in [0.2, 0.25) is 0 Å². The number of hydrogen-bond donors (Lipinski definition) is 4. The Balaban J connectivity index is 2.11. The topological polar surface area (TPSA) is 119 Å². The molecule has 1 unspecified atom stereocenters. The lowest BCUT2D eigenvalue weighted by atomic mass is 10.2.